The number of carbonyl (C=O) groups is 1. The van der Waals surface area contributed by atoms with Crippen LogP contribution in [0.4, 0.5) is 5.69 Å². The Morgan fingerprint density at radius 1 is 1.42 bits per heavy atom. The van der Waals surface area contributed by atoms with Crippen molar-refractivity contribution < 1.29 is 9.90 Å². The van der Waals surface area contributed by atoms with Gasteiger partial charge in [0.15, 0.2) is 0 Å². The summed E-state index contributed by atoms with van der Waals surface area (Å²) in [7, 11) is 0. The number of anilines is 1. The second kappa shape index (κ2) is 6.68. The standard InChI is InChI=1S/C15H24N2O2/c1-15(2,3)9-12(16)8-14(19)17-13-6-4-5-11(7-13)10-18/h4-7,12,18H,8-10,16H2,1-3H3,(H,17,19). The molecule has 0 bridgehead atoms. The first kappa shape index (κ1) is 15.7. The average molecular weight is 264 g/mol. The van der Waals surface area contributed by atoms with E-state index < -0.39 is 0 Å². The van der Waals surface area contributed by atoms with E-state index in [0.29, 0.717) is 12.1 Å². The van der Waals surface area contributed by atoms with Crippen molar-refractivity contribution >= 4 is 11.6 Å². The second-order valence-corrected chi connectivity index (χ2v) is 6.14. The summed E-state index contributed by atoms with van der Waals surface area (Å²) in [6, 6.07) is 7.03. The topological polar surface area (TPSA) is 75.4 Å². The molecule has 4 N–H and O–H groups in total. The third-order valence-corrected chi connectivity index (χ3v) is 2.72. The molecular formula is C15H24N2O2. The number of rotatable bonds is 5. The molecule has 1 amide bonds. The molecule has 0 spiro atoms. The lowest BCUT2D eigenvalue weighted by atomic mass is 9.87. The average Bonchev–Trinajstić information content (AvgIpc) is 2.26. The van der Waals surface area contributed by atoms with Crippen molar-refractivity contribution in [1.82, 2.24) is 0 Å². The fourth-order valence-electron chi connectivity index (χ4n) is 2.06. The number of carbonyl (C=O) groups excluding carboxylic acids is 1. The zero-order valence-electron chi connectivity index (χ0n) is 11.9. The molecule has 19 heavy (non-hydrogen) atoms. The monoisotopic (exact) mass is 264 g/mol. The molecule has 0 aliphatic rings. The maximum absolute atomic E-state index is 11.9. The first-order valence-corrected chi connectivity index (χ1v) is 6.55. The summed E-state index contributed by atoms with van der Waals surface area (Å²) in [6.07, 6.45) is 1.11. The molecule has 0 heterocycles. The first-order valence-electron chi connectivity index (χ1n) is 6.55. The smallest absolute Gasteiger partial charge is 0.225 e. The molecule has 0 aromatic heterocycles. The number of amides is 1. The van der Waals surface area contributed by atoms with Gasteiger partial charge in [0.05, 0.1) is 6.61 Å². The number of hydrogen-bond acceptors (Lipinski definition) is 3. The van der Waals surface area contributed by atoms with Crippen LogP contribution < -0.4 is 11.1 Å². The van der Waals surface area contributed by atoms with Gasteiger partial charge in [0.25, 0.3) is 0 Å². The van der Waals surface area contributed by atoms with Gasteiger partial charge in [-0.1, -0.05) is 32.9 Å². The van der Waals surface area contributed by atoms with Crippen LogP contribution in [0.5, 0.6) is 0 Å². The molecule has 1 aromatic carbocycles. The Hall–Kier alpha value is -1.39. The fourth-order valence-corrected chi connectivity index (χ4v) is 2.06. The van der Waals surface area contributed by atoms with E-state index in [1.165, 1.54) is 0 Å². The van der Waals surface area contributed by atoms with E-state index in [0.717, 1.165) is 12.0 Å². The quantitative estimate of drug-likeness (QED) is 0.763. The number of hydrogen-bond donors (Lipinski definition) is 3. The van der Waals surface area contributed by atoms with Gasteiger partial charge in [-0.15, -0.1) is 0 Å². The van der Waals surface area contributed by atoms with Crippen molar-refractivity contribution in [2.75, 3.05) is 5.32 Å². The van der Waals surface area contributed by atoms with Gasteiger partial charge in [-0.25, -0.2) is 0 Å². The van der Waals surface area contributed by atoms with Crippen LogP contribution in [0.1, 0.15) is 39.2 Å². The third-order valence-electron chi connectivity index (χ3n) is 2.72. The zero-order valence-corrected chi connectivity index (χ0v) is 11.9. The Morgan fingerprint density at radius 2 is 2.11 bits per heavy atom. The molecule has 4 heteroatoms. The minimum absolute atomic E-state index is 0.0345. The number of benzene rings is 1. The number of nitrogens with one attached hydrogen (secondary N) is 1. The van der Waals surface area contributed by atoms with Gasteiger partial charge in [-0.2, -0.15) is 0 Å². The lowest BCUT2D eigenvalue weighted by Gasteiger charge is -2.22. The fraction of sp³-hybridized carbons (Fsp3) is 0.533. The Morgan fingerprint density at radius 3 is 2.68 bits per heavy atom. The molecule has 0 saturated heterocycles. The summed E-state index contributed by atoms with van der Waals surface area (Å²) < 4.78 is 0. The van der Waals surface area contributed by atoms with E-state index in [2.05, 4.69) is 26.1 Å². The van der Waals surface area contributed by atoms with Crippen LogP contribution in [0.2, 0.25) is 0 Å². The molecule has 0 aliphatic carbocycles. The molecule has 0 radical (unpaired) electrons. The van der Waals surface area contributed by atoms with Gasteiger partial charge in [-0.3, -0.25) is 4.79 Å². The Kier molecular flexibility index (Phi) is 5.51. The van der Waals surface area contributed by atoms with Crippen molar-refractivity contribution in [3.8, 4) is 0 Å². The number of nitrogens with two attached hydrogens (primary N) is 1. The molecule has 0 fully saturated rings. The predicted molar refractivity (Wildman–Crippen MR) is 77.7 cm³/mol. The molecule has 1 aromatic rings. The zero-order chi connectivity index (χ0) is 14.5. The Bertz CT molecular complexity index is 424. The number of aliphatic hydroxyl groups excluding tert-OH is 1. The van der Waals surface area contributed by atoms with Gasteiger partial charge in [-0.05, 0) is 29.5 Å². The third kappa shape index (κ3) is 6.36. The molecular weight excluding hydrogens is 240 g/mol. The van der Waals surface area contributed by atoms with Crippen LogP contribution in [0, 0.1) is 5.41 Å². The van der Waals surface area contributed by atoms with E-state index in [4.69, 9.17) is 10.8 Å². The Labute approximate surface area is 115 Å². The van der Waals surface area contributed by atoms with Crippen LogP contribution in [-0.4, -0.2) is 17.1 Å². The largest absolute Gasteiger partial charge is 0.392 e. The van der Waals surface area contributed by atoms with Crippen LogP contribution in [-0.2, 0) is 11.4 Å². The van der Waals surface area contributed by atoms with Gasteiger partial charge < -0.3 is 16.2 Å². The molecule has 1 atom stereocenters. The maximum atomic E-state index is 11.9. The summed E-state index contributed by atoms with van der Waals surface area (Å²) in [5.74, 6) is -0.0909. The molecule has 1 unspecified atom stereocenters. The molecule has 106 valence electrons. The van der Waals surface area contributed by atoms with Crippen LogP contribution in [0.15, 0.2) is 24.3 Å². The van der Waals surface area contributed by atoms with E-state index in [9.17, 15) is 4.79 Å². The van der Waals surface area contributed by atoms with Crippen LogP contribution in [0.3, 0.4) is 0 Å². The van der Waals surface area contributed by atoms with Crippen molar-refractivity contribution in [2.45, 2.75) is 46.3 Å². The van der Waals surface area contributed by atoms with Crippen LogP contribution >= 0.6 is 0 Å². The first-order chi connectivity index (χ1) is 8.80. The maximum Gasteiger partial charge on any atom is 0.225 e. The number of aliphatic hydroxyl groups is 1. The van der Waals surface area contributed by atoms with Gasteiger partial charge in [0.1, 0.15) is 0 Å². The predicted octanol–water partition coefficient (Wildman–Crippen LogP) is 2.27. The van der Waals surface area contributed by atoms with Gasteiger partial charge in [0.2, 0.25) is 5.91 Å². The van der Waals surface area contributed by atoms with Crippen LogP contribution in [0.25, 0.3) is 0 Å². The summed E-state index contributed by atoms with van der Waals surface area (Å²) in [5, 5.41) is 11.8. The molecule has 0 aliphatic heterocycles. The normalized spacial score (nSPS) is 13.1. The summed E-state index contributed by atoms with van der Waals surface area (Å²) >= 11 is 0. The summed E-state index contributed by atoms with van der Waals surface area (Å²) in [4.78, 5) is 11.9. The van der Waals surface area contributed by atoms with Crippen molar-refractivity contribution in [1.29, 1.82) is 0 Å². The van der Waals surface area contributed by atoms with E-state index in [1.54, 1.807) is 24.3 Å². The minimum atomic E-state index is -0.138. The highest BCUT2D eigenvalue weighted by molar-refractivity contribution is 5.91. The Balaban J connectivity index is 2.50. The van der Waals surface area contributed by atoms with Crippen molar-refractivity contribution in [3.63, 3.8) is 0 Å². The summed E-state index contributed by atoms with van der Waals surface area (Å²) in [5.41, 5.74) is 7.56. The van der Waals surface area contributed by atoms with Gasteiger partial charge in [0, 0.05) is 18.2 Å². The van der Waals surface area contributed by atoms with Gasteiger partial charge >= 0.3 is 0 Å². The lowest BCUT2D eigenvalue weighted by molar-refractivity contribution is -0.116. The highest BCUT2D eigenvalue weighted by Gasteiger charge is 2.18. The molecule has 1 rings (SSSR count). The highest BCUT2D eigenvalue weighted by Crippen LogP contribution is 2.21. The van der Waals surface area contributed by atoms with E-state index in [-0.39, 0.29) is 24.0 Å². The minimum Gasteiger partial charge on any atom is -0.392 e. The second-order valence-electron chi connectivity index (χ2n) is 6.14. The SMILES string of the molecule is CC(C)(C)CC(N)CC(=O)Nc1cccc(CO)c1. The summed E-state index contributed by atoms with van der Waals surface area (Å²) in [6.45, 7) is 6.29. The van der Waals surface area contributed by atoms with E-state index >= 15 is 0 Å². The molecule has 4 nitrogen and oxygen atoms in total. The lowest BCUT2D eigenvalue weighted by Crippen LogP contribution is -2.31. The molecule has 0 saturated carbocycles. The van der Waals surface area contributed by atoms with Crippen molar-refractivity contribution in [2.24, 2.45) is 11.1 Å². The highest BCUT2D eigenvalue weighted by atomic mass is 16.3. The van der Waals surface area contributed by atoms with E-state index in [1.807, 2.05) is 0 Å². The van der Waals surface area contributed by atoms with Crippen molar-refractivity contribution in [3.05, 3.63) is 29.8 Å².